The first-order valence-electron chi connectivity index (χ1n) is 6.55. The van der Waals surface area contributed by atoms with E-state index in [-0.39, 0.29) is 0 Å². The smallest absolute Gasteiger partial charge is 0.00416 e. The Bertz CT molecular complexity index is 190. The summed E-state index contributed by atoms with van der Waals surface area (Å²) in [5, 5.41) is 0. The van der Waals surface area contributed by atoms with Gasteiger partial charge in [-0.05, 0) is 48.9 Å². The van der Waals surface area contributed by atoms with E-state index in [0.717, 1.165) is 17.8 Å². The highest BCUT2D eigenvalue weighted by atomic mass is 14.6. The molecule has 1 nitrogen and oxygen atoms in total. The van der Waals surface area contributed by atoms with Gasteiger partial charge in [-0.3, -0.25) is 0 Å². The Morgan fingerprint density at radius 2 is 1.80 bits per heavy atom. The van der Waals surface area contributed by atoms with Gasteiger partial charge in [0.2, 0.25) is 0 Å². The van der Waals surface area contributed by atoms with Gasteiger partial charge in [0.1, 0.15) is 0 Å². The summed E-state index contributed by atoms with van der Waals surface area (Å²) in [6, 6.07) is 0.465. The van der Waals surface area contributed by atoms with Crippen LogP contribution in [0.5, 0.6) is 0 Å². The first-order chi connectivity index (χ1) is 6.79. The van der Waals surface area contributed by atoms with E-state index in [2.05, 4.69) is 34.6 Å². The first-order valence-corrected chi connectivity index (χ1v) is 6.55. The third kappa shape index (κ3) is 4.14. The van der Waals surface area contributed by atoms with Crippen molar-refractivity contribution in [1.82, 2.24) is 0 Å². The molecule has 1 heteroatoms. The Hall–Kier alpha value is -0.0400. The van der Waals surface area contributed by atoms with Crippen LogP contribution in [0, 0.1) is 23.2 Å². The summed E-state index contributed by atoms with van der Waals surface area (Å²) in [7, 11) is 0. The van der Waals surface area contributed by atoms with Gasteiger partial charge in [-0.1, -0.05) is 34.6 Å². The van der Waals surface area contributed by atoms with Crippen molar-refractivity contribution in [2.24, 2.45) is 28.9 Å². The van der Waals surface area contributed by atoms with Gasteiger partial charge in [0, 0.05) is 6.04 Å². The minimum Gasteiger partial charge on any atom is -0.328 e. The maximum atomic E-state index is 6.11. The molecule has 3 atom stereocenters. The molecule has 0 saturated heterocycles. The zero-order chi connectivity index (χ0) is 11.6. The first kappa shape index (κ1) is 13.0. The zero-order valence-corrected chi connectivity index (χ0v) is 11.2. The maximum absolute atomic E-state index is 6.11. The second-order valence-corrected chi connectivity index (χ2v) is 7.01. The normalized spacial score (nSPS) is 33.4. The van der Waals surface area contributed by atoms with Gasteiger partial charge in [-0.15, -0.1) is 0 Å². The van der Waals surface area contributed by atoms with Crippen molar-refractivity contribution < 1.29 is 0 Å². The van der Waals surface area contributed by atoms with E-state index >= 15 is 0 Å². The molecule has 0 aromatic rings. The lowest BCUT2D eigenvalue weighted by molar-refractivity contribution is 0.120. The molecule has 3 unspecified atom stereocenters. The molecule has 1 rings (SSSR count). The Balaban J connectivity index is 2.62. The van der Waals surface area contributed by atoms with Gasteiger partial charge in [-0.2, -0.15) is 0 Å². The molecule has 90 valence electrons. The highest BCUT2D eigenvalue weighted by Crippen LogP contribution is 2.40. The summed E-state index contributed by atoms with van der Waals surface area (Å²) in [6.07, 6.45) is 5.17. The summed E-state index contributed by atoms with van der Waals surface area (Å²) in [5.41, 5.74) is 6.56. The van der Waals surface area contributed by atoms with E-state index in [1.807, 2.05) is 0 Å². The van der Waals surface area contributed by atoms with Crippen molar-refractivity contribution in [2.75, 3.05) is 0 Å². The fraction of sp³-hybridized carbons (Fsp3) is 1.00. The summed E-state index contributed by atoms with van der Waals surface area (Å²) >= 11 is 0. The average molecular weight is 211 g/mol. The van der Waals surface area contributed by atoms with Gasteiger partial charge in [-0.25, -0.2) is 0 Å². The molecule has 2 N–H and O–H groups in total. The molecule has 0 spiro atoms. The second-order valence-electron chi connectivity index (χ2n) is 7.01. The number of hydrogen-bond donors (Lipinski definition) is 1. The summed E-state index contributed by atoms with van der Waals surface area (Å²) in [6.45, 7) is 11.8. The molecule has 0 radical (unpaired) electrons. The molecule has 0 bridgehead atoms. The van der Waals surface area contributed by atoms with Crippen molar-refractivity contribution in [2.45, 2.75) is 66.3 Å². The minimum absolute atomic E-state index is 0.453. The number of nitrogens with two attached hydrogens (primary N) is 1. The van der Waals surface area contributed by atoms with Crippen LogP contribution >= 0.6 is 0 Å². The van der Waals surface area contributed by atoms with Crippen LogP contribution in [-0.4, -0.2) is 6.04 Å². The SMILES string of the molecule is CC(C)C1CCC(N)CC1CC(C)(C)C. The van der Waals surface area contributed by atoms with Crippen LogP contribution in [0.25, 0.3) is 0 Å². The molecule has 0 heterocycles. The quantitative estimate of drug-likeness (QED) is 0.738. The molecule has 0 aliphatic heterocycles. The van der Waals surface area contributed by atoms with Crippen LogP contribution in [0.15, 0.2) is 0 Å². The molecule has 15 heavy (non-hydrogen) atoms. The van der Waals surface area contributed by atoms with Crippen molar-refractivity contribution in [1.29, 1.82) is 0 Å². The van der Waals surface area contributed by atoms with Crippen molar-refractivity contribution in [3.8, 4) is 0 Å². The fourth-order valence-corrected chi connectivity index (χ4v) is 3.22. The highest BCUT2D eigenvalue weighted by molar-refractivity contribution is 4.85. The van der Waals surface area contributed by atoms with Gasteiger partial charge in [0.15, 0.2) is 0 Å². The van der Waals surface area contributed by atoms with E-state index in [1.165, 1.54) is 25.7 Å². The van der Waals surface area contributed by atoms with Crippen LogP contribution in [-0.2, 0) is 0 Å². The maximum Gasteiger partial charge on any atom is 0.00416 e. The van der Waals surface area contributed by atoms with Crippen LogP contribution in [0.2, 0.25) is 0 Å². The van der Waals surface area contributed by atoms with Gasteiger partial charge in [0.25, 0.3) is 0 Å². The van der Waals surface area contributed by atoms with E-state index in [1.54, 1.807) is 0 Å². The summed E-state index contributed by atoms with van der Waals surface area (Å²) in [5.74, 6) is 2.59. The van der Waals surface area contributed by atoms with Crippen molar-refractivity contribution >= 4 is 0 Å². The Morgan fingerprint density at radius 3 is 2.27 bits per heavy atom. The highest BCUT2D eigenvalue weighted by Gasteiger charge is 2.33. The van der Waals surface area contributed by atoms with Gasteiger partial charge >= 0.3 is 0 Å². The number of rotatable bonds is 2. The lowest BCUT2D eigenvalue weighted by Gasteiger charge is -2.40. The largest absolute Gasteiger partial charge is 0.328 e. The molecule has 0 aromatic heterocycles. The molecular weight excluding hydrogens is 182 g/mol. The van der Waals surface area contributed by atoms with Crippen LogP contribution in [0.3, 0.4) is 0 Å². The second kappa shape index (κ2) is 4.86. The topological polar surface area (TPSA) is 26.0 Å². The van der Waals surface area contributed by atoms with Crippen molar-refractivity contribution in [3.63, 3.8) is 0 Å². The van der Waals surface area contributed by atoms with E-state index < -0.39 is 0 Å². The Kier molecular flexibility index (Phi) is 4.22. The average Bonchev–Trinajstić information content (AvgIpc) is 1.99. The van der Waals surface area contributed by atoms with E-state index in [0.29, 0.717) is 11.5 Å². The molecule has 0 aromatic carbocycles. The minimum atomic E-state index is 0.453. The standard InChI is InChI=1S/C14H29N/c1-10(2)13-7-6-12(15)8-11(13)9-14(3,4)5/h10-13H,6-9,15H2,1-5H3. The molecule has 1 fully saturated rings. The van der Waals surface area contributed by atoms with Gasteiger partial charge < -0.3 is 5.73 Å². The summed E-state index contributed by atoms with van der Waals surface area (Å²) < 4.78 is 0. The van der Waals surface area contributed by atoms with Gasteiger partial charge in [0.05, 0.1) is 0 Å². The van der Waals surface area contributed by atoms with Crippen LogP contribution < -0.4 is 5.73 Å². The van der Waals surface area contributed by atoms with Crippen LogP contribution in [0.1, 0.15) is 60.3 Å². The molecule has 0 amide bonds. The lowest BCUT2D eigenvalue weighted by atomic mass is 9.67. The zero-order valence-electron chi connectivity index (χ0n) is 11.2. The molecule has 1 aliphatic rings. The van der Waals surface area contributed by atoms with Crippen LogP contribution in [0.4, 0.5) is 0 Å². The third-order valence-electron chi connectivity index (χ3n) is 3.81. The Labute approximate surface area is 95.8 Å². The summed E-state index contributed by atoms with van der Waals surface area (Å²) in [4.78, 5) is 0. The third-order valence-corrected chi connectivity index (χ3v) is 3.81. The molecule has 1 aliphatic carbocycles. The number of hydrogen-bond acceptors (Lipinski definition) is 1. The van der Waals surface area contributed by atoms with E-state index in [4.69, 9.17) is 5.73 Å². The molecular formula is C14H29N. The monoisotopic (exact) mass is 211 g/mol. The predicted molar refractivity (Wildman–Crippen MR) is 67.7 cm³/mol. The van der Waals surface area contributed by atoms with E-state index in [9.17, 15) is 0 Å². The molecule has 1 saturated carbocycles. The Morgan fingerprint density at radius 1 is 1.20 bits per heavy atom. The van der Waals surface area contributed by atoms with Crippen molar-refractivity contribution in [3.05, 3.63) is 0 Å². The lowest BCUT2D eigenvalue weighted by Crippen LogP contribution is -2.37. The predicted octanol–water partition coefficient (Wildman–Crippen LogP) is 3.82. The fourth-order valence-electron chi connectivity index (χ4n) is 3.22.